The monoisotopic (exact) mass is 942 g/mol. The van der Waals surface area contributed by atoms with E-state index in [2.05, 4.69) is 262 Å². The molecule has 0 saturated heterocycles. The van der Waals surface area contributed by atoms with Crippen molar-refractivity contribution in [1.29, 1.82) is 0 Å². The zero-order chi connectivity index (χ0) is 48.2. The number of anilines is 6. The van der Waals surface area contributed by atoms with Gasteiger partial charge in [0.25, 0.3) is 13.4 Å². The fraction of sp³-hybridized carbons (Fsp3) is 0. The lowest BCUT2D eigenvalue weighted by Gasteiger charge is -2.42. The van der Waals surface area contributed by atoms with E-state index < -0.39 is 0 Å². The third-order valence-corrected chi connectivity index (χ3v) is 16.1. The second-order valence-electron chi connectivity index (χ2n) is 20.0. The van der Waals surface area contributed by atoms with Gasteiger partial charge < -0.3 is 28.4 Å². The van der Waals surface area contributed by atoms with E-state index >= 15 is 0 Å². The summed E-state index contributed by atoms with van der Waals surface area (Å²) in [6.07, 6.45) is 0. The van der Waals surface area contributed by atoms with Crippen molar-refractivity contribution in [2.45, 2.75) is 0 Å². The third kappa shape index (κ3) is 5.41. The molecule has 0 amide bonds. The summed E-state index contributed by atoms with van der Waals surface area (Å²) < 4.78 is 19.3. The average molecular weight is 943 g/mol. The van der Waals surface area contributed by atoms with Crippen molar-refractivity contribution >= 4 is 124 Å². The second kappa shape index (κ2) is 14.9. The number of hydrogen-bond acceptors (Lipinski definition) is 4. The third-order valence-electron chi connectivity index (χ3n) is 16.1. The zero-order valence-corrected chi connectivity index (χ0v) is 39.9. The van der Waals surface area contributed by atoms with Crippen LogP contribution >= 0.6 is 0 Å². The Balaban J connectivity index is 0.962. The maximum absolute atomic E-state index is 7.45. The van der Waals surface area contributed by atoms with Crippen molar-refractivity contribution in [3.05, 3.63) is 243 Å². The van der Waals surface area contributed by atoms with Gasteiger partial charge in [-0.25, -0.2) is 0 Å². The molecule has 17 rings (SSSR count). The van der Waals surface area contributed by atoms with E-state index in [-0.39, 0.29) is 13.4 Å². The van der Waals surface area contributed by atoms with Gasteiger partial charge in [-0.05, 0) is 100 Å². The maximum atomic E-state index is 7.45. The summed E-state index contributed by atoms with van der Waals surface area (Å²) in [6.45, 7) is -0.249. The van der Waals surface area contributed by atoms with Crippen molar-refractivity contribution in [3.63, 3.8) is 0 Å². The van der Waals surface area contributed by atoms with Gasteiger partial charge in [0.05, 0.1) is 27.9 Å². The van der Waals surface area contributed by atoms with Gasteiger partial charge in [-0.15, -0.1) is 0 Å². The number of ether oxygens (including phenoxy) is 2. The quantitative estimate of drug-likeness (QED) is 0.161. The van der Waals surface area contributed by atoms with Crippen molar-refractivity contribution in [2.24, 2.45) is 0 Å². The molecule has 0 spiro atoms. The first-order valence-electron chi connectivity index (χ1n) is 25.5. The molecule has 11 aromatic carbocycles. The molecule has 8 heteroatoms. The Hall–Kier alpha value is -9.65. The van der Waals surface area contributed by atoms with Gasteiger partial charge in [-0.2, -0.15) is 0 Å². The molecule has 0 fully saturated rings. The molecule has 0 radical (unpaired) electrons. The van der Waals surface area contributed by atoms with Crippen molar-refractivity contribution < 1.29 is 9.47 Å². The van der Waals surface area contributed by atoms with Gasteiger partial charge >= 0.3 is 0 Å². The molecule has 2 aromatic heterocycles. The Morgan fingerprint density at radius 2 is 0.838 bits per heavy atom. The van der Waals surface area contributed by atoms with Crippen molar-refractivity contribution in [1.82, 2.24) is 9.13 Å². The van der Waals surface area contributed by atoms with Crippen molar-refractivity contribution in [2.75, 3.05) is 9.80 Å². The van der Waals surface area contributed by atoms with Crippen LogP contribution in [0.15, 0.2) is 243 Å². The van der Waals surface area contributed by atoms with Gasteiger partial charge in [0.15, 0.2) is 0 Å². The number of hydrogen-bond donors (Lipinski definition) is 0. The highest BCUT2D eigenvalue weighted by Gasteiger charge is 2.47. The van der Waals surface area contributed by atoms with Gasteiger partial charge in [-0.3, -0.25) is 0 Å². The molecule has 0 unspecified atom stereocenters. The van der Waals surface area contributed by atoms with E-state index in [4.69, 9.17) is 9.47 Å². The number of nitrogens with zero attached hydrogens (tertiary/aromatic N) is 4. The van der Waals surface area contributed by atoms with Crippen LogP contribution in [0.1, 0.15) is 0 Å². The minimum atomic E-state index is -0.143. The zero-order valence-electron chi connectivity index (χ0n) is 39.9. The molecule has 0 atom stereocenters. The van der Waals surface area contributed by atoms with Crippen LogP contribution in [0.25, 0.3) is 55.0 Å². The van der Waals surface area contributed by atoms with Gasteiger partial charge in [0.2, 0.25) is 0 Å². The Kier molecular flexibility index (Phi) is 8.08. The molecule has 13 aromatic rings. The number of benzene rings is 11. The molecular formula is C66H40B2N4O2. The molecular weight excluding hydrogens is 902 g/mol. The Morgan fingerprint density at radius 3 is 1.53 bits per heavy atom. The lowest BCUT2D eigenvalue weighted by molar-refractivity contribution is 0.464. The first-order valence-corrected chi connectivity index (χ1v) is 25.5. The molecule has 0 saturated carbocycles. The van der Waals surface area contributed by atoms with E-state index in [1.165, 1.54) is 54.7 Å². The highest BCUT2D eigenvalue weighted by Crippen LogP contribution is 2.48. The lowest BCUT2D eigenvalue weighted by Crippen LogP contribution is -2.63. The molecule has 74 heavy (non-hydrogen) atoms. The molecule has 4 aliphatic rings. The number of para-hydroxylation sites is 8. The van der Waals surface area contributed by atoms with Crippen LogP contribution in [0.4, 0.5) is 34.1 Å². The fourth-order valence-electron chi connectivity index (χ4n) is 13.2. The summed E-state index contributed by atoms with van der Waals surface area (Å²) in [4.78, 5) is 4.89. The molecule has 6 nitrogen and oxygen atoms in total. The molecule has 0 bridgehead atoms. The smallest absolute Gasteiger partial charge is 0.260 e. The first kappa shape index (κ1) is 40.0. The van der Waals surface area contributed by atoms with E-state index in [0.29, 0.717) is 0 Å². The summed E-state index contributed by atoms with van der Waals surface area (Å²) in [5, 5.41) is 4.91. The summed E-state index contributed by atoms with van der Waals surface area (Å²) in [7, 11) is 0. The summed E-state index contributed by atoms with van der Waals surface area (Å²) >= 11 is 0. The molecule has 6 heterocycles. The minimum absolute atomic E-state index is 0.106. The fourth-order valence-corrected chi connectivity index (χ4v) is 13.2. The SMILES string of the molecule is c1ccc(N(c2ccccc2)c2cc3c4c(c2)-n2c5ccccc5c5cccc(c52)B4c2cc4c(cc2N3c2ccccc2)Oc2cc(-n3c5ccccc5c5ccccc53)cc3c2B4c2ccccc2O3)cc1. The van der Waals surface area contributed by atoms with Crippen LogP contribution in [0.2, 0.25) is 0 Å². The van der Waals surface area contributed by atoms with E-state index in [9.17, 15) is 0 Å². The maximum Gasteiger partial charge on any atom is 0.260 e. The number of aromatic nitrogens is 2. The summed E-state index contributed by atoms with van der Waals surface area (Å²) in [5.41, 5.74) is 20.5. The molecule has 4 aliphatic heterocycles. The first-order chi connectivity index (χ1) is 36.7. The topological polar surface area (TPSA) is 34.8 Å². The number of fused-ring (bicyclic) bond motifs is 14. The van der Waals surface area contributed by atoms with Crippen LogP contribution in [0, 0.1) is 0 Å². The van der Waals surface area contributed by atoms with Gasteiger partial charge in [0, 0.05) is 84.8 Å². The Bertz CT molecular complexity index is 4440. The molecule has 0 aliphatic carbocycles. The summed E-state index contributed by atoms with van der Waals surface area (Å²) in [5.74, 6) is 3.31. The Morgan fingerprint density at radius 1 is 0.311 bits per heavy atom. The predicted octanol–water partition coefficient (Wildman–Crippen LogP) is 12.7. The highest BCUT2D eigenvalue weighted by atomic mass is 16.5. The van der Waals surface area contributed by atoms with Gasteiger partial charge in [-0.1, -0.05) is 152 Å². The van der Waals surface area contributed by atoms with Crippen molar-refractivity contribution in [3.8, 4) is 34.4 Å². The standard InChI is InChI=1S/C66H40B2N4O2/c1-4-19-41(20-5-1)69(42-21-6-2-7-22-42)44-35-58-64-59(36-44)72-56-33-16-12-27-48(56)49-28-18-30-51(66(49)72)68(64)52-39-53-61(40-57(52)70(58)43-23-8-3-9-24-43)74-63-38-45(37-62-65(63)67(53)50-29-13-17-34-60(50)73-62)71-54-31-14-10-25-46(54)47-26-11-15-32-55(47)71/h1-40H. The van der Waals surface area contributed by atoms with Crippen LogP contribution in [0.3, 0.4) is 0 Å². The normalized spacial score (nSPS) is 13.3. The number of rotatable bonds is 5. The largest absolute Gasteiger partial charge is 0.458 e. The van der Waals surface area contributed by atoms with Gasteiger partial charge in [0.1, 0.15) is 23.0 Å². The minimum Gasteiger partial charge on any atom is -0.458 e. The second-order valence-corrected chi connectivity index (χ2v) is 20.0. The molecule has 0 N–H and O–H groups in total. The Labute approximate surface area is 427 Å². The molecule has 342 valence electrons. The van der Waals surface area contributed by atoms with E-state index in [0.717, 1.165) is 90.2 Å². The lowest BCUT2D eigenvalue weighted by atomic mass is 9.31. The van der Waals surface area contributed by atoms with Crippen LogP contribution < -0.4 is 52.1 Å². The highest BCUT2D eigenvalue weighted by molar-refractivity contribution is 7.02. The van der Waals surface area contributed by atoms with Crippen LogP contribution in [0.5, 0.6) is 23.0 Å². The average Bonchev–Trinajstić information content (AvgIpc) is 4.00. The van der Waals surface area contributed by atoms with E-state index in [1.54, 1.807) is 0 Å². The summed E-state index contributed by atoms with van der Waals surface area (Å²) in [6, 6.07) is 88.3. The van der Waals surface area contributed by atoms with E-state index in [1.807, 2.05) is 0 Å². The predicted molar refractivity (Wildman–Crippen MR) is 307 cm³/mol. The van der Waals surface area contributed by atoms with Crippen LogP contribution in [-0.4, -0.2) is 22.6 Å². The van der Waals surface area contributed by atoms with Crippen LogP contribution in [-0.2, 0) is 0 Å².